The SMILES string of the molecule is NS(=O)(=O)c1sccc1CNCC1OCCc2ccccc21. The van der Waals surface area contributed by atoms with Crippen molar-refractivity contribution >= 4 is 21.4 Å². The summed E-state index contributed by atoms with van der Waals surface area (Å²) in [5, 5.41) is 10.2. The second-order valence-electron chi connectivity index (χ2n) is 5.22. The Balaban J connectivity index is 1.64. The van der Waals surface area contributed by atoms with E-state index in [1.54, 1.807) is 11.4 Å². The van der Waals surface area contributed by atoms with E-state index in [1.165, 1.54) is 11.1 Å². The number of fused-ring (bicyclic) bond motifs is 1. The second kappa shape index (κ2) is 6.47. The van der Waals surface area contributed by atoms with E-state index in [0.717, 1.165) is 17.8 Å². The fraction of sp³-hybridized carbons (Fsp3) is 0.333. The standard InChI is InChI=1S/C15H18N2O3S2/c16-22(18,19)15-12(6-8-21-15)9-17-10-14-13-4-2-1-3-11(13)5-7-20-14/h1-4,6,8,14,17H,5,7,9-10H2,(H2,16,18,19). The fourth-order valence-electron chi connectivity index (χ4n) is 2.69. The average molecular weight is 338 g/mol. The molecule has 3 N–H and O–H groups in total. The van der Waals surface area contributed by atoms with E-state index in [9.17, 15) is 8.42 Å². The summed E-state index contributed by atoms with van der Waals surface area (Å²) in [6.45, 7) is 1.80. The minimum absolute atomic E-state index is 0.00141. The Labute approximate surface area is 134 Å². The summed E-state index contributed by atoms with van der Waals surface area (Å²) in [4.78, 5) is 0. The zero-order chi connectivity index (χ0) is 15.6. The highest BCUT2D eigenvalue weighted by Gasteiger charge is 2.20. The smallest absolute Gasteiger partial charge is 0.247 e. The summed E-state index contributed by atoms with van der Waals surface area (Å²) in [6, 6.07) is 10.0. The summed E-state index contributed by atoms with van der Waals surface area (Å²) in [5.41, 5.74) is 3.23. The first-order valence-corrected chi connectivity index (χ1v) is 9.47. The monoisotopic (exact) mass is 338 g/mol. The number of sulfonamides is 1. The maximum Gasteiger partial charge on any atom is 0.247 e. The van der Waals surface area contributed by atoms with Gasteiger partial charge in [-0.1, -0.05) is 24.3 Å². The Kier molecular flexibility index (Phi) is 4.60. The van der Waals surface area contributed by atoms with Crippen molar-refractivity contribution in [1.82, 2.24) is 5.32 Å². The van der Waals surface area contributed by atoms with Gasteiger partial charge in [-0.25, -0.2) is 13.6 Å². The third-order valence-electron chi connectivity index (χ3n) is 3.70. The third-order valence-corrected chi connectivity index (χ3v) is 6.22. The molecule has 0 amide bonds. The molecular weight excluding hydrogens is 320 g/mol. The van der Waals surface area contributed by atoms with Crippen molar-refractivity contribution < 1.29 is 13.2 Å². The van der Waals surface area contributed by atoms with Gasteiger partial charge in [0.05, 0.1) is 12.7 Å². The maximum absolute atomic E-state index is 11.5. The van der Waals surface area contributed by atoms with Crippen LogP contribution >= 0.6 is 11.3 Å². The molecule has 118 valence electrons. The van der Waals surface area contributed by atoms with Crippen LogP contribution in [0, 0.1) is 0 Å². The summed E-state index contributed by atoms with van der Waals surface area (Å²) in [6.07, 6.45) is 0.939. The third kappa shape index (κ3) is 3.39. The number of nitrogens with two attached hydrogens (primary N) is 1. The van der Waals surface area contributed by atoms with Gasteiger partial charge in [0.15, 0.2) is 0 Å². The molecule has 1 atom stereocenters. The molecule has 2 heterocycles. The van der Waals surface area contributed by atoms with E-state index >= 15 is 0 Å². The lowest BCUT2D eigenvalue weighted by atomic mass is 9.97. The number of hydrogen-bond acceptors (Lipinski definition) is 5. The molecule has 1 aliphatic heterocycles. The van der Waals surface area contributed by atoms with Gasteiger partial charge in [0.25, 0.3) is 0 Å². The van der Waals surface area contributed by atoms with Crippen LogP contribution in [-0.2, 0) is 27.7 Å². The van der Waals surface area contributed by atoms with Crippen molar-refractivity contribution in [2.75, 3.05) is 13.2 Å². The van der Waals surface area contributed by atoms with E-state index in [1.807, 2.05) is 12.1 Å². The van der Waals surface area contributed by atoms with Crippen molar-refractivity contribution in [3.8, 4) is 0 Å². The van der Waals surface area contributed by atoms with Crippen LogP contribution in [0.2, 0.25) is 0 Å². The molecule has 0 radical (unpaired) electrons. The molecule has 2 aromatic rings. The summed E-state index contributed by atoms with van der Waals surface area (Å²) in [5.74, 6) is 0. The first kappa shape index (κ1) is 15.6. The van der Waals surface area contributed by atoms with Crippen LogP contribution in [0.5, 0.6) is 0 Å². The molecule has 1 aliphatic rings. The van der Waals surface area contributed by atoms with Crippen molar-refractivity contribution in [1.29, 1.82) is 0 Å². The fourth-order valence-corrected chi connectivity index (χ4v) is 4.54. The predicted molar refractivity (Wildman–Crippen MR) is 86.2 cm³/mol. The van der Waals surface area contributed by atoms with Crippen molar-refractivity contribution in [2.24, 2.45) is 5.14 Å². The number of rotatable bonds is 5. The average Bonchev–Trinajstić information content (AvgIpc) is 2.96. The van der Waals surface area contributed by atoms with Gasteiger partial charge in [-0.3, -0.25) is 0 Å². The first-order chi connectivity index (χ1) is 10.6. The van der Waals surface area contributed by atoms with Crippen LogP contribution in [0.4, 0.5) is 0 Å². The van der Waals surface area contributed by atoms with Crippen LogP contribution in [0.1, 0.15) is 22.8 Å². The number of nitrogens with one attached hydrogen (secondary N) is 1. The first-order valence-electron chi connectivity index (χ1n) is 7.05. The second-order valence-corrected chi connectivity index (χ2v) is 7.89. The van der Waals surface area contributed by atoms with Gasteiger partial charge < -0.3 is 10.1 Å². The largest absolute Gasteiger partial charge is 0.372 e. The molecule has 0 bridgehead atoms. The van der Waals surface area contributed by atoms with E-state index in [-0.39, 0.29) is 10.3 Å². The minimum Gasteiger partial charge on any atom is -0.372 e. The molecule has 1 unspecified atom stereocenters. The molecular formula is C15H18N2O3S2. The Morgan fingerprint density at radius 1 is 1.32 bits per heavy atom. The highest BCUT2D eigenvalue weighted by molar-refractivity contribution is 7.91. The molecule has 3 rings (SSSR count). The lowest BCUT2D eigenvalue weighted by molar-refractivity contribution is 0.0423. The highest BCUT2D eigenvalue weighted by atomic mass is 32.2. The lowest BCUT2D eigenvalue weighted by Crippen LogP contribution is -2.27. The summed E-state index contributed by atoms with van der Waals surface area (Å²) >= 11 is 1.15. The van der Waals surface area contributed by atoms with Crippen molar-refractivity contribution in [3.63, 3.8) is 0 Å². The van der Waals surface area contributed by atoms with Crippen LogP contribution in [-0.4, -0.2) is 21.6 Å². The Bertz CT molecular complexity index is 756. The summed E-state index contributed by atoms with van der Waals surface area (Å²) < 4.78 is 29.0. The van der Waals surface area contributed by atoms with Crippen LogP contribution < -0.4 is 10.5 Å². The predicted octanol–water partition coefficient (Wildman–Crippen LogP) is 1.80. The molecule has 0 saturated carbocycles. The lowest BCUT2D eigenvalue weighted by Gasteiger charge is -2.26. The maximum atomic E-state index is 11.5. The van der Waals surface area contributed by atoms with Gasteiger partial charge in [0.1, 0.15) is 4.21 Å². The molecule has 0 saturated heterocycles. The molecule has 1 aromatic heterocycles. The van der Waals surface area contributed by atoms with Crippen molar-refractivity contribution in [2.45, 2.75) is 23.3 Å². The van der Waals surface area contributed by atoms with E-state index in [0.29, 0.717) is 25.3 Å². The Morgan fingerprint density at radius 3 is 2.95 bits per heavy atom. The molecule has 5 nitrogen and oxygen atoms in total. The quantitative estimate of drug-likeness (QED) is 0.871. The normalized spacial score (nSPS) is 18.1. The zero-order valence-electron chi connectivity index (χ0n) is 12.0. The minimum atomic E-state index is -3.65. The van der Waals surface area contributed by atoms with Gasteiger partial charge >= 0.3 is 0 Å². The van der Waals surface area contributed by atoms with Gasteiger partial charge in [0.2, 0.25) is 10.0 Å². The number of thiophene rings is 1. The number of primary sulfonamides is 1. The van der Waals surface area contributed by atoms with Crippen molar-refractivity contribution in [3.05, 3.63) is 52.4 Å². The van der Waals surface area contributed by atoms with E-state index in [2.05, 4.69) is 17.4 Å². The Hall–Kier alpha value is -1.25. The molecule has 22 heavy (non-hydrogen) atoms. The molecule has 7 heteroatoms. The van der Waals surface area contributed by atoms with Gasteiger partial charge in [-0.2, -0.15) is 0 Å². The highest BCUT2D eigenvalue weighted by Crippen LogP contribution is 2.26. The van der Waals surface area contributed by atoms with Gasteiger partial charge in [-0.05, 0) is 34.6 Å². The van der Waals surface area contributed by atoms with Crippen LogP contribution in [0.3, 0.4) is 0 Å². The molecule has 1 aromatic carbocycles. The van der Waals surface area contributed by atoms with E-state index in [4.69, 9.17) is 9.88 Å². The summed E-state index contributed by atoms with van der Waals surface area (Å²) in [7, 11) is -3.65. The van der Waals surface area contributed by atoms with Gasteiger partial charge in [0, 0.05) is 13.1 Å². The topological polar surface area (TPSA) is 81.4 Å². The zero-order valence-corrected chi connectivity index (χ0v) is 13.6. The number of benzene rings is 1. The molecule has 0 spiro atoms. The number of ether oxygens (including phenoxy) is 1. The van der Waals surface area contributed by atoms with Crippen LogP contribution in [0.15, 0.2) is 39.9 Å². The molecule has 0 aliphatic carbocycles. The number of hydrogen-bond donors (Lipinski definition) is 2. The van der Waals surface area contributed by atoms with E-state index < -0.39 is 10.0 Å². The van der Waals surface area contributed by atoms with Crippen LogP contribution in [0.25, 0.3) is 0 Å². The van der Waals surface area contributed by atoms with Gasteiger partial charge in [-0.15, -0.1) is 11.3 Å². The molecule has 0 fully saturated rings. The Morgan fingerprint density at radius 2 is 2.14 bits per heavy atom.